The molecule has 1 aromatic rings. The Kier molecular flexibility index (Phi) is 8.33. The first kappa shape index (κ1) is 23.0. The fraction of sp³-hybridized carbons (Fsp3) is 0.350. The molecule has 156 valence electrons. The molecule has 2 rings (SSSR count). The third kappa shape index (κ3) is 5.42. The van der Waals surface area contributed by atoms with E-state index in [1.165, 1.54) is 0 Å². The lowest BCUT2D eigenvalue weighted by molar-refractivity contribution is -0.138. The van der Waals surface area contributed by atoms with Crippen LogP contribution in [0.3, 0.4) is 0 Å². The molecule has 0 atom stereocenters. The number of ether oxygens (including phenoxy) is 3. The van der Waals surface area contributed by atoms with E-state index in [2.05, 4.69) is 20.9 Å². The summed E-state index contributed by atoms with van der Waals surface area (Å²) in [5, 5.41) is 10.8. The van der Waals surface area contributed by atoms with Crippen LogP contribution in [0.2, 0.25) is 0 Å². The summed E-state index contributed by atoms with van der Waals surface area (Å²) in [7, 11) is 1.54. The number of thioether (sulfide) groups is 1. The number of aliphatic hydroxyl groups is 1. The van der Waals surface area contributed by atoms with Crippen LogP contribution in [-0.2, 0) is 14.3 Å². The van der Waals surface area contributed by atoms with Crippen molar-refractivity contribution in [3.63, 3.8) is 0 Å². The Morgan fingerprint density at radius 1 is 1.21 bits per heavy atom. The highest BCUT2D eigenvalue weighted by atomic mass is 79.9. The topological polar surface area (TPSA) is 94.4 Å². The molecule has 0 fully saturated rings. The number of amides is 1. The van der Waals surface area contributed by atoms with Gasteiger partial charge in [-0.05, 0) is 37.6 Å². The number of nitrogens with zero attached hydrogens (tertiary/aromatic N) is 1. The van der Waals surface area contributed by atoms with E-state index >= 15 is 0 Å². The summed E-state index contributed by atoms with van der Waals surface area (Å²) in [5.41, 5.74) is 0.578. The Hall–Kier alpha value is -2.26. The quantitative estimate of drug-likeness (QED) is 0.563. The number of aliphatic hydroxyl groups excluding tert-OH is 1. The molecule has 29 heavy (non-hydrogen) atoms. The smallest absolute Gasteiger partial charge is 0.344 e. The summed E-state index contributed by atoms with van der Waals surface area (Å²) < 4.78 is 16.6. The number of esters is 1. The summed E-state index contributed by atoms with van der Waals surface area (Å²) in [6.07, 6.45) is 1.85. The first-order chi connectivity index (χ1) is 13.9. The summed E-state index contributed by atoms with van der Waals surface area (Å²) in [6, 6.07) is 3.50. The number of aliphatic imine (C=N–C) groups is 1. The zero-order valence-electron chi connectivity index (χ0n) is 16.6. The van der Waals surface area contributed by atoms with Gasteiger partial charge in [0.15, 0.2) is 11.5 Å². The highest BCUT2D eigenvalue weighted by molar-refractivity contribution is 9.10. The van der Waals surface area contributed by atoms with Gasteiger partial charge >= 0.3 is 5.97 Å². The van der Waals surface area contributed by atoms with Crippen molar-refractivity contribution >= 4 is 50.7 Å². The van der Waals surface area contributed by atoms with Gasteiger partial charge in [-0.1, -0.05) is 34.6 Å². The minimum atomic E-state index is -0.729. The van der Waals surface area contributed by atoms with Gasteiger partial charge in [-0.3, -0.25) is 4.79 Å². The standard InChI is InChI=1S/C20H22BrNO6S/c1-5-16(23)22-19-17(20(25)28-7-3)18(24)15(29-19)9-11-8-14(27-6-2)13(26-4)10-12(11)21/h8-10,24H,5-7H2,1-4H3/b15-9-,22-19?. The maximum Gasteiger partial charge on any atom is 0.344 e. The lowest BCUT2D eigenvalue weighted by Gasteiger charge is -2.12. The van der Waals surface area contributed by atoms with Crippen molar-refractivity contribution in [1.82, 2.24) is 0 Å². The second kappa shape index (κ2) is 10.5. The summed E-state index contributed by atoms with van der Waals surface area (Å²) >= 11 is 4.50. The second-order valence-corrected chi connectivity index (χ2v) is 7.56. The van der Waals surface area contributed by atoms with Gasteiger partial charge in [-0.15, -0.1) is 0 Å². The van der Waals surface area contributed by atoms with Crippen LogP contribution in [0, 0.1) is 0 Å². The summed E-state index contributed by atoms with van der Waals surface area (Å²) in [5.74, 6) is -0.309. The highest BCUT2D eigenvalue weighted by Gasteiger charge is 2.33. The molecular formula is C20H22BrNO6S. The fourth-order valence-electron chi connectivity index (χ4n) is 2.41. The van der Waals surface area contributed by atoms with Crippen molar-refractivity contribution in [3.8, 4) is 11.5 Å². The van der Waals surface area contributed by atoms with E-state index in [0.717, 1.165) is 11.8 Å². The van der Waals surface area contributed by atoms with Gasteiger partial charge < -0.3 is 19.3 Å². The van der Waals surface area contributed by atoms with Crippen LogP contribution in [0.1, 0.15) is 32.8 Å². The molecule has 1 amide bonds. The lowest BCUT2D eigenvalue weighted by atomic mass is 10.1. The minimum Gasteiger partial charge on any atom is -0.506 e. The van der Waals surface area contributed by atoms with Crippen LogP contribution >= 0.6 is 27.7 Å². The van der Waals surface area contributed by atoms with Crippen LogP contribution in [0.25, 0.3) is 6.08 Å². The number of carbonyl (C=O) groups is 2. The monoisotopic (exact) mass is 483 g/mol. The summed E-state index contributed by atoms with van der Waals surface area (Å²) in [6.45, 7) is 5.78. The predicted octanol–water partition coefficient (Wildman–Crippen LogP) is 4.65. The van der Waals surface area contributed by atoms with Crippen molar-refractivity contribution < 1.29 is 28.9 Å². The van der Waals surface area contributed by atoms with Crippen molar-refractivity contribution in [1.29, 1.82) is 0 Å². The Morgan fingerprint density at radius 2 is 1.93 bits per heavy atom. The first-order valence-corrected chi connectivity index (χ1v) is 10.6. The Morgan fingerprint density at radius 3 is 2.52 bits per heavy atom. The van der Waals surface area contributed by atoms with E-state index in [4.69, 9.17) is 14.2 Å². The molecule has 7 nitrogen and oxygen atoms in total. The number of halogens is 1. The van der Waals surface area contributed by atoms with Crippen LogP contribution in [0.15, 0.2) is 37.8 Å². The molecule has 9 heteroatoms. The van der Waals surface area contributed by atoms with Gasteiger partial charge in [0.1, 0.15) is 16.4 Å². The van der Waals surface area contributed by atoms with Gasteiger partial charge in [0, 0.05) is 10.9 Å². The molecule has 0 aromatic heterocycles. The van der Waals surface area contributed by atoms with Crippen molar-refractivity contribution in [2.24, 2.45) is 4.99 Å². The molecule has 1 N–H and O–H groups in total. The van der Waals surface area contributed by atoms with Crippen LogP contribution in [0.5, 0.6) is 11.5 Å². The van der Waals surface area contributed by atoms with Gasteiger partial charge in [0.05, 0.1) is 25.2 Å². The number of methoxy groups -OCH3 is 1. The van der Waals surface area contributed by atoms with Crippen molar-refractivity contribution in [2.45, 2.75) is 27.2 Å². The molecule has 0 aliphatic carbocycles. The molecule has 0 spiro atoms. The van der Waals surface area contributed by atoms with E-state index in [9.17, 15) is 14.7 Å². The van der Waals surface area contributed by atoms with Gasteiger partial charge in [-0.25, -0.2) is 9.79 Å². The van der Waals surface area contributed by atoms with E-state index in [-0.39, 0.29) is 29.4 Å². The van der Waals surface area contributed by atoms with Crippen LogP contribution in [0.4, 0.5) is 0 Å². The molecule has 1 aliphatic heterocycles. The molecule has 0 radical (unpaired) electrons. The largest absolute Gasteiger partial charge is 0.506 e. The molecule has 1 heterocycles. The average Bonchev–Trinajstić information content (AvgIpc) is 2.99. The molecule has 0 bridgehead atoms. The molecule has 1 aliphatic rings. The fourth-order valence-corrected chi connectivity index (χ4v) is 3.87. The van der Waals surface area contributed by atoms with Crippen molar-refractivity contribution in [3.05, 3.63) is 38.4 Å². The minimum absolute atomic E-state index is 0.112. The zero-order chi connectivity index (χ0) is 21.6. The van der Waals surface area contributed by atoms with Crippen molar-refractivity contribution in [2.75, 3.05) is 20.3 Å². The predicted molar refractivity (Wildman–Crippen MR) is 116 cm³/mol. The maximum absolute atomic E-state index is 12.3. The van der Waals surface area contributed by atoms with Crippen LogP contribution in [-0.4, -0.2) is 42.4 Å². The second-order valence-electron chi connectivity index (χ2n) is 5.68. The third-order valence-corrected chi connectivity index (χ3v) is 5.47. The number of rotatable bonds is 7. The Labute approximate surface area is 181 Å². The number of carbonyl (C=O) groups excluding carboxylic acids is 2. The zero-order valence-corrected chi connectivity index (χ0v) is 19.0. The van der Waals surface area contributed by atoms with Gasteiger partial charge in [-0.2, -0.15) is 0 Å². The third-order valence-electron chi connectivity index (χ3n) is 3.77. The van der Waals surface area contributed by atoms with E-state index in [0.29, 0.717) is 33.0 Å². The lowest BCUT2D eigenvalue weighted by Crippen LogP contribution is -2.14. The first-order valence-electron chi connectivity index (χ1n) is 8.98. The SMILES string of the molecule is CCOC(=O)C1=C(O)/C(=C/c2cc(OCC)c(OC)cc2Br)SC1=NC(=O)CC. The molecule has 0 saturated heterocycles. The number of benzene rings is 1. The average molecular weight is 484 g/mol. The van der Waals surface area contributed by atoms with Gasteiger partial charge in [0.2, 0.25) is 5.91 Å². The van der Waals surface area contributed by atoms with E-state index in [1.807, 2.05) is 6.92 Å². The molecule has 0 saturated carbocycles. The van der Waals surface area contributed by atoms with E-state index in [1.54, 1.807) is 39.2 Å². The summed E-state index contributed by atoms with van der Waals surface area (Å²) in [4.78, 5) is 28.4. The number of hydrogen-bond acceptors (Lipinski definition) is 7. The number of hydrogen-bond donors (Lipinski definition) is 1. The Bertz CT molecular complexity index is 906. The Balaban J connectivity index is 2.55. The molecule has 0 unspecified atom stereocenters. The van der Waals surface area contributed by atoms with Crippen LogP contribution < -0.4 is 9.47 Å². The normalized spacial score (nSPS) is 16.4. The maximum atomic E-state index is 12.3. The molecular weight excluding hydrogens is 462 g/mol. The van der Waals surface area contributed by atoms with E-state index < -0.39 is 11.9 Å². The van der Waals surface area contributed by atoms with Gasteiger partial charge in [0.25, 0.3) is 0 Å². The molecule has 1 aromatic carbocycles. The highest BCUT2D eigenvalue weighted by Crippen LogP contribution is 2.41.